The Hall–Kier alpha value is 0.0800. The summed E-state index contributed by atoms with van der Waals surface area (Å²) in [5.41, 5.74) is 4.40. The van der Waals surface area contributed by atoms with Gasteiger partial charge in [-0.15, -0.1) is 0 Å². The number of hydrogen-bond donors (Lipinski definition) is 2. The Kier molecular flexibility index (Phi) is 5.26. The predicted octanol–water partition coefficient (Wildman–Crippen LogP) is 3.10. The fourth-order valence-corrected chi connectivity index (χ4v) is 4.67. The Labute approximate surface area is 135 Å². The van der Waals surface area contributed by atoms with Crippen molar-refractivity contribution >= 4 is 66.4 Å². The molecule has 19 heavy (non-hydrogen) atoms. The Balaban J connectivity index is 3.34. The number of rotatable bonds is 4. The van der Waals surface area contributed by atoms with Gasteiger partial charge in [-0.3, -0.25) is 0 Å². The molecule has 106 valence electrons. The summed E-state index contributed by atoms with van der Waals surface area (Å²) in [5, 5.41) is 0.0104. The quantitative estimate of drug-likeness (QED) is 0.755. The number of thiocarbonyl (C=S) groups is 1. The maximum atomic E-state index is 12.3. The van der Waals surface area contributed by atoms with Crippen LogP contribution in [0.15, 0.2) is 21.5 Å². The minimum atomic E-state index is -3.94. The van der Waals surface area contributed by atoms with Gasteiger partial charge in [0.25, 0.3) is 0 Å². The molecule has 0 amide bonds. The molecule has 0 aliphatic heterocycles. The molecule has 3 N–H and O–H groups in total. The molecule has 0 saturated carbocycles. The zero-order valence-electron chi connectivity index (χ0n) is 10.00. The van der Waals surface area contributed by atoms with E-state index in [-0.39, 0.29) is 19.9 Å². The third-order valence-corrected chi connectivity index (χ3v) is 5.78. The van der Waals surface area contributed by atoms with Crippen molar-refractivity contribution < 1.29 is 8.42 Å². The van der Waals surface area contributed by atoms with Gasteiger partial charge in [0.05, 0.1) is 20.6 Å². The van der Waals surface area contributed by atoms with Crippen LogP contribution in [-0.2, 0) is 10.0 Å². The van der Waals surface area contributed by atoms with Gasteiger partial charge in [0.15, 0.2) is 0 Å². The van der Waals surface area contributed by atoms with Gasteiger partial charge >= 0.3 is 0 Å². The van der Waals surface area contributed by atoms with Crippen molar-refractivity contribution in [3.05, 3.63) is 26.7 Å². The molecule has 0 aromatic heterocycles. The van der Waals surface area contributed by atoms with Crippen molar-refractivity contribution in [2.75, 3.05) is 0 Å². The maximum Gasteiger partial charge on any atom is 0.244 e. The lowest BCUT2D eigenvalue weighted by Crippen LogP contribution is -2.52. The Morgan fingerprint density at radius 2 is 1.79 bits per heavy atom. The lowest BCUT2D eigenvalue weighted by Gasteiger charge is -2.25. The second-order valence-electron chi connectivity index (χ2n) is 4.29. The van der Waals surface area contributed by atoms with Gasteiger partial charge in [0.1, 0.15) is 4.90 Å². The van der Waals surface area contributed by atoms with E-state index in [0.717, 1.165) is 0 Å². The minimum Gasteiger partial charge on any atom is -0.392 e. The SMILES string of the molecule is CC(C)(NS(=O)(=O)c1c(Cl)cc(Br)cc1Cl)C(N)=S. The third kappa shape index (κ3) is 4.03. The molecule has 4 nitrogen and oxygen atoms in total. The molecule has 0 radical (unpaired) electrons. The summed E-state index contributed by atoms with van der Waals surface area (Å²) >= 11 is 19.8. The Bertz CT molecular complexity index is 609. The minimum absolute atomic E-state index is 0.00520. The van der Waals surface area contributed by atoms with E-state index < -0.39 is 15.6 Å². The van der Waals surface area contributed by atoms with Crippen molar-refractivity contribution in [3.63, 3.8) is 0 Å². The van der Waals surface area contributed by atoms with Crippen LogP contribution in [0.4, 0.5) is 0 Å². The number of benzene rings is 1. The predicted molar refractivity (Wildman–Crippen MR) is 85.3 cm³/mol. The average Bonchev–Trinajstić information content (AvgIpc) is 2.12. The molecular formula is C10H11BrCl2N2O2S2. The molecule has 0 aliphatic rings. The number of nitrogens with one attached hydrogen (secondary N) is 1. The van der Waals surface area contributed by atoms with Crippen LogP contribution in [0.2, 0.25) is 10.0 Å². The van der Waals surface area contributed by atoms with E-state index in [1.54, 1.807) is 13.8 Å². The van der Waals surface area contributed by atoms with Crippen LogP contribution in [0.5, 0.6) is 0 Å². The number of nitrogens with two attached hydrogens (primary N) is 1. The molecule has 0 unspecified atom stereocenters. The zero-order chi connectivity index (χ0) is 15.0. The second kappa shape index (κ2) is 5.83. The first-order valence-corrected chi connectivity index (χ1v) is 8.40. The third-order valence-electron chi connectivity index (χ3n) is 2.24. The average molecular weight is 406 g/mol. The first kappa shape index (κ1) is 17.1. The molecule has 1 aromatic carbocycles. The highest BCUT2D eigenvalue weighted by Gasteiger charge is 2.31. The fourth-order valence-electron chi connectivity index (χ4n) is 1.22. The van der Waals surface area contributed by atoms with Gasteiger partial charge in [-0.2, -0.15) is 4.72 Å². The molecule has 0 aliphatic carbocycles. The van der Waals surface area contributed by atoms with Crippen molar-refractivity contribution in [3.8, 4) is 0 Å². The molecule has 0 bridgehead atoms. The van der Waals surface area contributed by atoms with Crippen LogP contribution in [-0.4, -0.2) is 18.9 Å². The van der Waals surface area contributed by atoms with Gasteiger partial charge in [0.2, 0.25) is 10.0 Å². The van der Waals surface area contributed by atoms with Crippen molar-refractivity contribution in [2.45, 2.75) is 24.3 Å². The van der Waals surface area contributed by atoms with Crippen LogP contribution in [0.3, 0.4) is 0 Å². The summed E-state index contributed by atoms with van der Waals surface area (Å²) in [6.07, 6.45) is 0. The molecular weight excluding hydrogens is 395 g/mol. The Morgan fingerprint density at radius 1 is 1.37 bits per heavy atom. The largest absolute Gasteiger partial charge is 0.392 e. The first-order chi connectivity index (χ1) is 8.47. The molecule has 0 heterocycles. The normalized spacial score (nSPS) is 12.5. The first-order valence-electron chi connectivity index (χ1n) is 4.96. The monoisotopic (exact) mass is 404 g/mol. The van der Waals surface area contributed by atoms with Crippen molar-refractivity contribution in [1.82, 2.24) is 4.72 Å². The highest BCUT2D eigenvalue weighted by atomic mass is 79.9. The lowest BCUT2D eigenvalue weighted by atomic mass is 10.1. The summed E-state index contributed by atoms with van der Waals surface area (Å²) in [5.74, 6) is 0. The van der Waals surface area contributed by atoms with Crippen molar-refractivity contribution in [1.29, 1.82) is 0 Å². The molecule has 0 saturated heterocycles. The smallest absolute Gasteiger partial charge is 0.244 e. The lowest BCUT2D eigenvalue weighted by molar-refractivity contribution is 0.546. The molecule has 0 fully saturated rings. The zero-order valence-corrected chi connectivity index (χ0v) is 14.7. The second-order valence-corrected chi connectivity index (χ2v) is 8.08. The Morgan fingerprint density at radius 3 is 2.16 bits per heavy atom. The van der Waals surface area contributed by atoms with E-state index in [9.17, 15) is 8.42 Å². The van der Waals surface area contributed by atoms with E-state index in [4.69, 9.17) is 41.2 Å². The summed E-state index contributed by atoms with van der Waals surface area (Å²) in [4.78, 5) is -0.191. The molecule has 0 spiro atoms. The van der Waals surface area contributed by atoms with Crippen LogP contribution in [0.25, 0.3) is 0 Å². The van der Waals surface area contributed by atoms with Gasteiger partial charge in [-0.05, 0) is 26.0 Å². The molecule has 9 heteroatoms. The van der Waals surface area contributed by atoms with E-state index in [2.05, 4.69) is 20.7 Å². The maximum absolute atomic E-state index is 12.3. The molecule has 0 atom stereocenters. The van der Waals surface area contributed by atoms with Crippen LogP contribution in [0, 0.1) is 0 Å². The highest BCUT2D eigenvalue weighted by Crippen LogP contribution is 2.33. The van der Waals surface area contributed by atoms with Gasteiger partial charge in [0, 0.05) is 4.47 Å². The molecule has 1 aromatic rings. The number of sulfonamides is 1. The van der Waals surface area contributed by atoms with E-state index in [1.807, 2.05) is 0 Å². The summed E-state index contributed by atoms with van der Waals surface area (Å²) in [7, 11) is -3.94. The standard InChI is InChI=1S/C10H11BrCl2N2O2S2/c1-10(2,9(14)18)15-19(16,17)8-6(12)3-5(11)4-7(8)13/h3-4,15H,1-2H3,(H2,14,18). The number of hydrogen-bond acceptors (Lipinski definition) is 3. The van der Waals surface area contributed by atoms with E-state index in [0.29, 0.717) is 4.47 Å². The fraction of sp³-hybridized carbons (Fsp3) is 0.300. The molecule has 1 rings (SSSR count). The van der Waals surface area contributed by atoms with Gasteiger partial charge < -0.3 is 5.73 Å². The summed E-state index contributed by atoms with van der Waals surface area (Å²) in [6.45, 7) is 3.10. The summed E-state index contributed by atoms with van der Waals surface area (Å²) < 4.78 is 27.5. The summed E-state index contributed by atoms with van der Waals surface area (Å²) in [6, 6.07) is 2.88. The number of halogens is 3. The van der Waals surface area contributed by atoms with Crippen LogP contribution >= 0.6 is 51.3 Å². The highest BCUT2D eigenvalue weighted by molar-refractivity contribution is 9.10. The van der Waals surface area contributed by atoms with Gasteiger partial charge in [-0.1, -0.05) is 51.3 Å². The van der Waals surface area contributed by atoms with Crippen LogP contribution < -0.4 is 10.5 Å². The van der Waals surface area contributed by atoms with E-state index in [1.165, 1.54) is 12.1 Å². The van der Waals surface area contributed by atoms with Crippen LogP contribution in [0.1, 0.15) is 13.8 Å². The van der Waals surface area contributed by atoms with Gasteiger partial charge in [-0.25, -0.2) is 8.42 Å². The van der Waals surface area contributed by atoms with E-state index >= 15 is 0 Å². The van der Waals surface area contributed by atoms with Crippen molar-refractivity contribution in [2.24, 2.45) is 5.73 Å². The topological polar surface area (TPSA) is 72.2 Å².